The summed E-state index contributed by atoms with van der Waals surface area (Å²) in [4.78, 5) is 0. The third-order valence-electron chi connectivity index (χ3n) is 3.69. The molecule has 0 amide bonds. The first-order chi connectivity index (χ1) is 8.79. The molecule has 2 rings (SSSR count). The zero-order valence-corrected chi connectivity index (χ0v) is 11.3. The van der Waals surface area contributed by atoms with Crippen molar-refractivity contribution in [3.8, 4) is 0 Å². The van der Waals surface area contributed by atoms with E-state index in [-0.39, 0.29) is 6.10 Å². The van der Waals surface area contributed by atoms with Gasteiger partial charge in [0.05, 0.1) is 12.2 Å². The molecule has 1 aromatic heterocycles. The van der Waals surface area contributed by atoms with Gasteiger partial charge in [-0.05, 0) is 43.7 Å². The Morgan fingerprint density at radius 2 is 2.44 bits per heavy atom. The molecule has 0 bridgehead atoms. The minimum absolute atomic E-state index is 0.297. The number of rotatable bonds is 7. The summed E-state index contributed by atoms with van der Waals surface area (Å²) in [5.74, 6) is 0. The van der Waals surface area contributed by atoms with Crippen molar-refractivity contribution < 1.29 is 9.84 Å². The molecule has 0 aromatic carbocycles. The molecule has 102 valence electrons. The first-order valence-corrected chi connectivity index (χ1v) is 7.25. The maximum Gasteiger partial charge on any atom is 0.0804 e. The van der Waals surface area contributed by atoms with E-state index < -0.39 is 0 Å². The Morgan fingerprint density at radius 3 is 3.17 bits per heavy atom. The van der Waals surface area contributed by atoms with Crippen LogP contribution in [-0.2, 0) is 11.3 Å². The third-order valence-corrected chi connectivity index (χ3v) is 3.69. The molecular weight excluding hydrogens is 226 g/mol. The van der Waals surface area contributed by atoms with Crippen molar-refractivity contribution in [1.82, 2.24) is 4.57 Å². The van der Waals surface area contributed by atoms with Crippen molar-refractivity contribution in [2.24, 2.45) is 0 Å². The second-order valence-electron chi connectivity index (χ2n) is 5.26. The summed E-state index contributed by atoms with van der Waals surface area (Å²) in [7, 11) is 0. The Hall–Kier alpha value is -0.800. The van der Waals surface area contributed by atoms with E-state index in [2.05, 4.69) is 23.9 Å². The van der Waals surface area contributed by atoms with Crippen LogP contribution in [0, 0.1) is 0 Å². The molecule has 1 aliphatic rings. The van der Waals surface area contributed by atoms with Crippen molar-refractivity contribution in [2.75, 3.05) is 6.61 Å². The second-order valence-corrected chi connectivity index (χ2v) is 5.26. The predicted molar refractivity (Wildman–Crippen MR) is 72.5 cm³/mol. The molecule has 3 nitrogen and oxygen atoms in total. The highest BCUT2D eigenvalue weighted by Crippen LogP contribution is 2.20. The van der Waals surface area contributed by atoms with Crippen LogP contribution in [0.2, 0.25) is 0 Å². The van der Waals surface area contributed by atoms with Crippen LogP contribution in [0.5, 0.6) is 0 Å². The van der Waals surface area contributed by atoms with Crippen molar-refractivity contribution >= 4 is 0 Å². The first-order valence-electron chi connectivity index (χ1n) is 7.25. The van der Waals surface area contributed by atoms with Crippen LogP contribution in [0.4, 0.5) is 0 Å². The van der Waals surface area contributed by atoms with Crippen LogP contribution in [0.15, 0.2) is 18.5 Å². The van der Waals surface area contributed by atoms with Crippen LogP contribution in [-0.4, -0.2) is 22.4 Å². The lowest BCUT2D eigenvalue weighted by Gasteiger charge is -2.09. The Kier molecular flexibility index (Phi) is 5.26. The number of aliphatic hydroxyl groups excluding tert-OH is 1. The van der Waals surface area contributed by atoms with Gasteiger partial charge in [0, 0.05) is 25.5 Å². The molecule has 1 aromatic rings. The van der Waals surface area contributed by atoms with Gasteiger partial charge in [0.2, 0.25) is 0 Å². The molecular formula is C15H25NO2. The van der Waals surface area contributed by atoms with E-state index in [9.17, 15) is 5.11 Å². The number of aryl methyl sites for hydroxylation is 1. The van der Waals surface area contributed by atoms with E-state index in [4.69, 9.17) is 4.74 Å². The Balaban J connectivity index is 1.72. The average Bonchev–Trinajstić information content (AvgIpc) is 3.00. The van der Waals surface area contributed by atoms with Gasteiger partial charge in [0.15, 0.2) is 0 Å². The fraction of sp³-hybridized carbons (Fsp3) is 0.733. The van der Waals surface area contributed by atoms with E-state index in [1.165, 1.54) is 12.8 Å². The normalized spacial score (nSPS) is 21.3. The zero-order valence-electron chi connectivity index (χ0n) is 11.3. The predicted octanol–water partition coefficient (Wildman–Crippen LogP) is 3.28. The number of aliphatic hydroxyl groups is 1. The minimum Gasteiger partial charge on any atom is -0.388 e. The van der Waals surface area contributed by atoms with Crippen LogP contribution in [0.25, 0.3) is 0 Å². The van der Waals surface area contributed by atoms with Crippen molar-refractivity contribution in [2.45, 2.75) is 64.2 Å². The summed E-state index contributed by atoms with van der Waals surface area (Å²) in [6.07, 6.45) is 11.0. The van der Waals surface area contributed by atoms with E-state index in [1.807, 2.05) is 6.07 Å². The first kappa shape index (κ1) is 13.6. The summed E-state index contributed by atoms with van der Waals surface area (Å²) < 4.78 is 7.80. The lowest BCUT2D eigenvalue weighted by Crippen LogP contribution is -2.06. The molecule has 2 atom stereocenters. The molecule has 18 heavy (non-hydrogen) atoms. The van der Waals surface area contributed by atoms with E-state index in [0.717, 1.165) is 44.4 Å². The summed E-state index contributed by atoms with van der Waals surface area (Å²) >= 11 is 0. The molecule has 1 saturated heterocycles. The minimum atomic E-state index is -0.297. The average molecular weight is 251 g/mol. The highest BCUT2D eigenvalue weighted by atomic mass is 16.5. The van der Waals surface area contributed by atoms with Gasteiger partial charge in [-0.1, -0.05) is 13.3 Å². The number of aromatic nitrogens is 1. The largest absolute Gasteiger partial charge is 0.388 e. The fourth-order valence-corrected chi connectivity index (χ4v) is 2.61. The monoisotopic (exact) mass is 251 g/mol. The van der Waals surface area contributed by atoms with E-state index >= 15 is 0 Å². The summed E-state index contributed by atoms with van der Waals surface area (Å²) in [6.45, 7) is 4.07. The summed E-state index contributed by atoms with van der Waals surface area (Å²) in [5, 5.41) is 9.90. The van der Waals surface area contributed by atoms with Crippen LogP contribution < -0.4 is 0 Å². The molecule has 0 radical (unpaired) electrons. The number of hydrogen-bond acceptors (Lipinski definition) is 2. The molecule has 1 N–H and O–H groups in total. The fourth-order valence-electron chi connectivity index (χ4n) is 2.61. The Morgan fingerprint density at radius 1 is 1.56 bits per heavy atom. The maximum absolute atomic E-state index is 9.90. The Labute approximate surface area is 110 Å². The molecule has 1 aliphatic heterocycles. The molecule has 3 heteroatoms. The molecule has 0 aliphatic carbocycles. The van der Waals surface area contributed by atoms with E-state index in [0.29, 0.717) is 6.10 Å². The lowest BCUT2D eigenvalue weighted by atomic mass is 10.1. The summed E-state index contributed by atoms with van der Waals surface area (Å²) in [6, 6.07) is 2.03. The molecule has 2 unspecified atom stereocenters. The number of ether oxygens (including phenoxy) is 1. The number of hydrogen-bond donors (Lipinski definition) is 1. The highest BCUT2D eigenvalue weighted by molar-refractivity contribution is 5.13. The van der Waals surface area contributed by atoms with Gasteiger partial charge in [-0.25, -0.2) is 0 Å². The standard InChI is InChI=1S/C15H25NO2/c1-2-5-15(17)13-8-10-16(12-13)9-3-6-14-7-4-11-18-14/h8,10,12,14-15,17H,2-7,9,11H2,1H3. The topological polar surface area (TPSA) is 34.4 Å². The smallest absolute Gasteiger partial charge is 0.0804 e. The van der Waals surface area contributed by atoms with Crippen LogP contribution in [0.1, 0.15) is 57.1 Å². The molecule has 2 heterocycles. The number of nitrogens with zero attached hydrogens (tertiary/aromatic N) is 1. The maximum atomic E-state index is 9.90. The Bertz CT molecular complexity index is 342. The third kappa shape index (κ3) is 3.85. The van der Waals surface area contributed by atoms with Gasteiger partial charge < -0.3 is 14.4 Å². The van der Waals surface area contributed by atoms with Crippen LogP contribution >= 0.6 is 0 Å². The van der Waals surface area contributed by atoms with Gasteiger partial charge in [-0.2, -0.15) is 0 Å². The van der Waals surface area contributed by atoms with Crippen LogP contribution in [0.3, 0.4) is 0 Å². The molecule has 1 fully saturated rings. The SMILES string of the molecule is CCCC(O)c1ccn(CCCC2CCCO2)c1. The van der Waals surface area contributed by atoms with Crippen molar-refractivity contribution in [1.29, 1.82) is 0 Å². The van der Waals surface area contributed by atoms with Gasteiger partial charge in [-0.15, -0.1) is 0 Å². The molecule has 0 saturated carbocycles. The lowest BCUT2D eigenvalue weighted by molar-refractivity contribution is 0.101. The molecule has 0 spiro atoms. The van der Waals surface area contributed by atoms with Gasteiger partial charge in [-0.3, -0.25) is 0 Å². The van der Waals surface area contributed by atoms with Gasteiger partial charge in [0.1, 0.15) is 0 Å². The zero-order chi connectivity index (χ0) is 12.8. The van der Waals surface area contributed by atoms with Crippen molar-refractivity contribution in [3.05, 3.63) is 24.0 Å². The summed E-state index contributed by atoms with van der Waals surface area (Å²) in [5.41, 5.74) is 1.05. The van der Waals surface area contributed by atoms with Gasteiger partial charge >= 0.3 is 0 Å². The van der Waals surface area contributed by atoms with Crippen molar-refractivity contribution in [3.63, 3.8) is 0 Å². The quantitative estimate of drug-likeness (QED) is 0.807. The van der Waals surface area contributed by atoms with E-state index in [1.54, 1.807) is 0 Å². The highest BCUT2D eigenvalue weighted by Gasteiger charge is 2.14. The van der Waals surface area contributed by atoms with Gasteiger partial charge in [0.25, 0.3) is 0 Å². The second kappa shape index (κ2) is 6.95.